The second-order valence-electron chi connectivity index (χ2n) is 6.58. The van der Waals surface area contributed by atoms with E-state index in [2.05, 4.69) is 10.9 Å². The average molecular weight is 440 g/mol. The Morgan fingerprint density at radius 1 is 0.968 bits per heavy atom. The Bertz CT molecular complexity index is 1110. The molecule has 0 radical (unpaired) electrons. The zero-order valence-electron chi connectivity index (χ0n) is 16.4. The highest BCUT2D eigenvalue weighted by molar-refractivity contribution is 6.30. The molecule has 0 fully saturated rings. The van der Waals surface area contributed by atoms with E-state index in [9.17, 15) is 19.7 Å². The molecule has 0 bridgehead atoms. The molecule has 0 atom stereocenters. The number of halogens is 1. The second kappa shape index (κ2) is 9.73. The predicted octanol–water partition coefficient (Wildman–Crippen LogP) is 4.21. The van der Waals surface area contributed by atoms with Crippen LogP contribution in [0.4, 0.5) is 5.69 Å². The van der Waals surface area contributed by atoms with E-state index in [1.165, 1.54) is 25.1 Å². The summed E-state index contributed by atoms with van der Waals surface area (Å²) in [6.45, 7) is 1.84. The second-order valence-corrected chi connectivity index (χ2v) is 7.01. The van der Waals surface area contributed by atoms with Crippen molar-refractivity contribution in [2.75, 3.05) is 0 Å². The molecule has 2 N–H and O–H groups in total. The van der Waals surface area contributed by atoms with Crippen molar-refractivity contribution in [1.82, 2.24) is 10.9 Å². The van der Waals surface area contributed by atoms with Gasteiger partial charge in [0.2, 0.25) is 0 Å². The molecule has 3 rings (SSSR count). The molecule has 0 aliphatic heterocycles. The van der Waals surface area contributed by atoms with Gasteiger partial charge >= 0.3 is 0 Å². The van der Waals surface area contributed by atoms with E-state index in [1.807, 2.05) is 0 Å². The number of carbonyl (C=O) groups excluding carboxylic acids is 2. The van der Waals surface area contributed by atoms with E-state index in [-0.39, 0.29) is 11.3 Å². The Morgan fingerprint density at radius 3 is 2.26 bits per heavy atom. The molecule has 0 aromatic heterocycles. The van der Waals surface area contributed by atoms with Gasteiger partial charge in [0, 0.05) is 16.1 Å². The van der Waals surface area contributed by atoms with Gasteiger partial charge in [-0.25, -0.2) is 0 Å². The van der Waals surface area contributed by atoms with Crippen molar-refractivity contribution in [1.29, 1.82) is 0 Å². The minimum absolute atomic E-state index is 0.139. The molecule has 3 aromatic rings. The first-order valence-corrected chi connectivity index (χ1v) is 9.55. The third kappa shape index (κ3) is 5.58. The van der Waals surface area contributed by atoms with Crippen LogP contribution in [0, 0.1) is 17.0 Å². The summed E-state index contributed by atoms with van der Waals surface area (Å²) in [5.41, 5.74) is 5.51. The number of aryl methyl sites for hydroxylation is 1. The number of amides is 2. The summed E-state index contributed by atoms with van der Waals surface area (Å²) in [5, 5.41) is 11.8. The molecule has 0 saturated carbocycles. The molecule has 0 aliphatic carbocycles. The van der Waals surface area contributed by atoms with E-state index >= 15 is 0 Å². The summed E-state index contributed by atoms with van der Waals surface area (Å²) in [4.78, 5) is 35.2. The van der Waals surface area contributed by atoms with Crippen LogP contribution in [-0.2, 0) is 6.61 Å². The molecule has 3 aromatic carbocycles. The Balaban J connectivity index is 1.57. The summed E-state index contributed by atoms with van der Waals surface area (Å²) in [6.07, 6.45) is 0. The van der Waals surface area contributed by atoms with Crippen molar-refractivity contribution in [3.05, 3.63) is 104 Å². The number of para-hydroxylation sites is 1. The maximum Gasteiger partial charge on any atom is 0.285 e. The Hall–Kier alpha value is -3.91. The number of carbonyl (C=O) groups is 2. The van der Waals surface area contributed by atoms with Gasteiger partial charge in [0.15, 0.2) is 0 Å². The van der Waals surface area contributed by atoms with Gasteiger partial charge in [-0.05, 0) is 55.0 Å². The van der Waals surface area contributed by atoms with Gasteiger partial charge in [0.1, 0.15) is 17.9 Å². The fraction of sp³-hybridized carbons (Fsp3) is 0.0909. The minimum atomic E-state index is -0.781. The lowest BCUT2D eigenvalue weighted by molar-refractivity contribution is -0.385. The molecule has 0 unspecified atom stereocenters. The van der Waals surface area contributed by atoms with Crippen molar-refractivity contribution < 1.29 is 19.2 Å². The van der Waals surface area contributed by atoms with E-state index < -0.39 is 16.7 Å². The molecule has 0 saturated heterocycles. The van der Waals surface area contributed by atoms with Crippen LogP contribution < -0.4 is 15.6 Å². The third-order valence-corrected chi connectivity index (χ3v) is 4.64. The number of nitrogens with zero attached hydrogens (tertiary/aromatic N) is 1. The quantitative estimate of drug-likeness (QED) is 0.441. The molecule has 0 aliphatic rings. The molecule has 0 spiro atoms. The van der Waals surface area contributed by atoms with Gasteiger partial charge in [0.05, 0.1) is 4.92 Å². The summed E-state index contributed by atoms with van der Waals surface area (Å²) in [6, 6.07) is 18.0. The first-order valence-electron chi connectivity index (χ1n) is 9.17. The van der Waals surface area contributed by atoms with Gasteiger partial charge in [-0.2, -0.15) is 0 Å². The van der Waals surface area contributed by atoms with Crippen molar-refractivity contribution in [2.24, 2.45) is 0 Å². The molecule has 31 heavy (non-hydrogen) atoms. The molecule has 8 nitrogen and oxygen atoms in total. The van der Waals surface area contributed by atoms with E-state index in [4.69, 9.17) is 16.3 Å². The largest absolute Gasteiger partial charge is 0.489 e. The first kappa shape index (κ1) is 21.8. The summed E-state index contributed by atoms with van der Waals surface area (Å²) in [5.74, 6) is -0.676. The van der Waals surface area contributed by atoms with Gasteiger partial charge in [-0.1, -0.05) is 35.9 Å². The van der Waals surface area contributed by atoms with Crippen LogP contribution in [0.1, 0.15) is 31.8 Å². The lowest BCUT2D eigenvalue weighted by Crippen LogP contribution is -2.41. The Labute approximate surface area is 182 Å². The molecule has 2 amide bonds. The number of rotatable bonds is 6. The lowest BCUT2D eigenvalue weighted by Gasteiger charge is -2.10. The first-order chi connectivity index (χ1) is 14.8. The number of ether oxygens (including phenoxy) is 1. The van der Waals surface area contributed by atoms with Crippen LogP contribution >= 0.6 is 11.6 Å². The zero-order valence-corrected chi connectivity index (χ0v) is 17.2. The fourth-order valence-corrected chi connectivity index (χ4v) is 2.91. The van der Waals surface area contributed by atoms with E-state index in [0.29, 0.717) is 28.5 Å². The monoisotopic (exact) mass is 439 g/mol. The maximum absolute atomic E-state index is 12.3. The van der Waals surface area contributed by atoms with Crippen LogP contribution in [0.5, 0.6) is 5.75 Å². The summed E-state index contributed by atoms with van der Waals surface area (Å²) in [7, 11) is 0. The number of benzene rings is 3. The van der Waals surface area contributed by atoms with Crippen LogP contribution in [0.15, 0.2) is 66.7 Å². The molecule has 0 heterocycles. The number of hydrogen-bond acceptors (Lipinski definition) is 5. The van der Waals surface area contributed by atoms with Crippen molar-refractivity contribution in [3.8, 4) is 5.75 Å². The van der Waals surface area contributed by atoms with Gasteiger partial charge in [0.25, 0.3) is 17.5 Å². The van der Waals surface area contributed by atoms with Gasteiger partial charge < -0.3 is 4.74 Å². The fourth-order valence-electron chi connectivity index (χ4n) is 2.79. The lowest BCUT2D eigenvalue weighted by atomic mass is 10.1. The summed E-state index contributed by atoms with van der Waals surface area (Å²) < 4.78 is 5.64. The molecular formula is C22H18ClN3O5. The van der Waals surface area contributed by atoms with Crippen LogP contribution in [0.3, 0.4) is 0 Å². The molecule has 158 valence electrons. The van der Waals surface area contributed by atoms with Crippen molar-refractivity contribution in [2.45, 2.75) is 13.5 Å². The van der Waals surface area contributed by atoms with E-state index in [0.717, 1.165) is 5.56 Å². The highest BCUT2D eigenvalue weighted by Crippen LogP contribution is 2.22. The van der Waals surface area contributed by atoms with Gasteiger partial charge in [-0.3, -0.25) is 30.6 Å². The number of hydrazine groups is 1. The van der Waals surface area contributed by atoms with Crippen molar-refractivity contribution in [3.63, 3.8) is 0 Å². The standard InChI is InChI=1S/C22H18ClN3O5/c1-14-3-2-4-19(20(14)26(29)30)22(28)25-24-21(27)16-7-5-15(6-8-16)13-31-18-11-9-17(23)10-12-18/h2-12H,13H2,1H3,(H,24,27)(H,25,28). The predicted molar refractivity (Wildman–Crippen MR) is 115 cm³/mol. The Kier molecular flexibility index (Phi) is 6.84. The average Bonchev–Trinajstić information content (AvgIpc) is 2.76. The number of nitro groups is 1. The number of nitro benzene ring substituents is 1. The molecular weight excluding hydrogens is 422 g/mol. The van der Waals surface area contributed by atoms with Crippen LogP contribution in [0.2, 0.25) is 5.02 Å². The smallest absolute Gasteiger partial charge is 0.285 e. The number of hydrogen-bond donors (Lipinski definition) is 2. The third-order valence-electron chi connectivity index (χ3n) is 4.39. The highest BCUT2D eigenvalue weighted by atomic mass is 35.5. The SMILES string of the molecule is Cc1cccc(C(=O)NNC(=O)c2ccc(COc3ccc(Cl)cc3)cc2)c1[N+](=O)[O-]. The molecule has 9 heteroatoms. The maximum atomic E-state index is 12.3. The van der Waals surface area contributed by atoms with Crippen molar-refractivity contribution >= 4 is 29.1 Å². The topological polar surface area (TPSA) is 111 Å². The number of nitrogens with one attached hydrogen (secondary N) is 2. The zero-order chi connectivity index (χ0) is 22.4. The van der Waals surface area contributed by atoms with E-state index in [1.54, 1.807) is 48.5 Å². The highest BCUT2D eigenvalue weighted by Gasteiger charge is 2.22. The normalized spacial score (nSPS) is 10.3. The van der Waals surface area contributed by atoms with Crippen LogP contribution in [0.25, 0.3) is 0 Å². The summed E-state index contributed by atoms with van der Waals surface area (Å²) >= 11 is 5.83. The van der Waals surface area contributed by atoms with Crippen LogP contribution in [-0.4, -0.2) is 16.7 Å². The van der Waals surface area contributed by atoms with Gasteiger partial charge in [-0.15, -0.1) is 0 Å². The minimum Gasteiger partial charge on any atom is -0.489 e. The Morgan fingerprint density at radius 2 is 1.61 bits per heavy atom.